The van der Waals surface area contributed by atoms with Crippen LogP contribution in [0, 0.1) is 3.57 Å². The molecule has 4 nitrogen and oxygen atoms in total. The smallest absolute Gasteiger partial charge is 0.335 e. The Balaban J connectivity index is 3.35. The van der Waals surface area contributed by atoms with E-state index in [9.17, 15) is 13.2 Å². The van der Waals surface area contributed by atoms with Crippen LogP contribution in [-0.4, -0.2) is 19.5 Å². The maximum atomic E-state index is 10.9. The summed E-state index contributed by atoms with van der Waals surface area (Å²) in [6.07, 6.45) is 0. The summed E-state index contributed by atoms with van der Waals surface area (Å²) in [7, 11) is 1.31. The second-order valence-electron chi connectivity index (χ2n) is 2.39. The van der Waals surface area contributed by atoms with Gasteiger partial charge in [0, 0.05) is 14.3 Å². The Morgan fingerprint density at radius 3 is 2.36 bits per heavy atom. The normalized spacial score (nSPS) is 11.3. The summed E-state index contributed by atoms with van der Waals surface area (Å²) in [4.78, 5) is 10.4. The number of hydrogen-bond donors (Lipinski definition) is 1. The summed E-state index contributed by atoms with van der Waals surface area (Å²) in [6.45, 7) is 0. The first-order valence-corrected chi connectivity index (χ1v) is 6.68. The van der Waals surface area contributed by atoms with Crippen LogP contribution in [0.5, 0.6) is 0 Å². The molecular formula is C7H4ClIO4S. The number of carboxylic acid groups (broad SMARTS) is 1. The number of benzene rings is 1. The van der Waals surface area contributed by atoms with E-state index in [4.69, 9.17) is 15.8 Å². The lowest BCUT2D eigenvalue weighted by molar-refractivity contribution is 0.0696. The minimum absolute atomic E-state index is 0.0264. The van der Waals surface area contributed by atoms with E-state index in [0.29, 0.717) is 0 Å². The first-order valence-electron chi connectivity index (χ1n) is 3.30. The second kappa shape index (κ2) is 4.03. The van der Waals surface area contributed by atoms with E-state index in [0.717, 1.165) is 0 Å². The minimum Gasteiger partial charge on any atom is -0.478 e. The summed E-state index contributed by atoms with van der Waals surface area (Å²) in [5.74, 6) is -1.11. The standard InChI is InChI=1S/C7H4ClIO4S/c8-14(12,13)6-2-1-4(7(10)11)3-5(6)9/h1-3H,(H,10,11). The highest BCUT2D eigenvalue weighted by Crippen LogP contribution is 2.22. The fourth-order valence-corrected chi connectivity index (χ4v) is 3.53. The fraction of sp³-hybridized carbons (Fsp3) is 0. The third-order valence-electron chi connectivity index (χ3n) is 1.44. The Bertz CT molecular complexity index is 482. The van der Waals surface area contributed by atoms with Crippen LogP contribution < -0.4 is 0 Å². The molecule has 14 heavy (non-hydrogen) atoms. The van der Waals surface area contributed by atoms with Gasteiger partial charge in [-0.05, 0) is 40.8 Å². The molecule has 0 aliphatic carbocycles. The van der Waals surface area contributed by atoms with Crippen LogP contribution in [0.25, 0.3) is 0 Å². The largest absolute Gasteiger partial charge is 0.478 e. The Morgan fingerprint density at radius 2 is 2.00 bits per heavy atom. The molecule has 0 spiro atoms. The van der Waals surface area contributed by atoms with Crippen molar-refractivity contribution >= 4 is 48.3 Å². The number of hydrogen-bond acceptors (Lipinski definition) is 3. The SMILES string of the molecule is O=C(O)c1ccc(S(=O)(=O)Cl)c(I)c1. The van der Waals surface area contributed by atoms with Crippen molar-refractivity contribution in [2.75, 3.05) is 0 Å². The Kier molecular flexibility index (Phi) is 3.38. The van der Waals surface area contributed by atoms with Crippen molar-refractivity contribution in [3.05, 3.63) is 27.3 Å². The van der Waals surface area contributed by atoms with Gasteiger partial charge in [0.25, 0.3) is 9.05 Å². The molecule has 0 heterocycles. The molecule has 0 amide bonds. The van der Waals surface area contributed by atoms with E-state index >= 15 is 0 Å². The lowest BCUT2D eigenvalue weighted by Crippen LogP contribution is -2.00. The molecule has 0 bridgehead atoms. The highest BCUT2D eigenvalue weighted by molar-refractivity contribution is 14.1. The third kappa shape index (κ3) is 2.58. The van der Waals surface area contributed by atoms with Crippen molar-refractivity contribution in [1.29, 1.82) is 0 Å². The highest BCUT2D eigenvalue weighted by Gasteiger charge is 2.15. The van der Waals surface area contributed by atoms with Gasteiger partial charge in [-0.1, -0.05) is 0 Å². The van der Waals surface area contributed by atoms with Gasteiger partial charge in [0.15, 0.2) is 0 Å². The van der Waals surface area contributed by atoms with Crippen LogP contribution in [0.2, 0.25) is 0 Å². The zero-order chi connectivity index (χ0) is 10.9. The van der Waals surface area contributed by atoms with Crippen LogP contribution in [0.1, 0.15) is 10.4 Å². The summed E-state index contributed by atoms with van der Waals surface area (Å²) in [5.41, 5.74) is 0.0264. The molecule has 0 aliphatic rings. The second-order valence-corrected chi connectivity index (χ2v) is 6.08. The topological polar surface area (TPSA) is 71.4 Å². The fourth-order valence-electron chi connectivity index (χ4n) is 0.832. The number of carbonyl (C=O) groups is 1. The first kappa shape index (κ1) is 11.7. The highest BCUT2D eigenvalue weighted by atomic mass is 127. The van der Waals surface area contributed by atoms with Gasteiger partial charge < -0.3 is 5.11 Å². The summed E-state index contributed by atoms with van der Waals surface area (Å²) in [5, 5.41) is 8.62. The van der Waals surface area contributed by atoms with Gasteiger partial charge in [-0.2, -0.15) is 0 Å². The van der Waals surface area contributed by atoms with E-state index in [1.54, 1.807) is 22.6 Å². The molecule has 1 rings (SSSR count). The molecule has 0 radical (unpaired) electrons. The van der Waals surface area contributed by atoms with Crippen LogP contribution in [0.4, 0.5) is 0 Å². The lowest BCUT2D eigenvalue weighted by atomic mass is 10.2. The van der Waals surface area contributed by atoms with Gasteiger partial charge in [-0.3, -0.25) is 0 Å². The van der Waals surface area contributed by atoms with E-state index in [1.807, 2.05) is 0 Å². The van der Waals surface area contributed by atoms with E-state index in [-0.39, 0.29) is 14.0 Å². The summed E-state index contributed by atoms with van der Waals surface area (Å²) >= 11 is 1.72. The maximum Gasteiger partial charge on any atom is 0.335 e. The molecule has 1 aromatic carbocycles. The lowest BCUT2D eigenvalue weighted by Gasteiger charge is -2.01. The molecule has 1 N–H and O–H groups in total. The average molecular weight is 347 g/mol. The minimum atomic E-state index is -3.80. The van der Waals surface area contributed by atoms with E-state index in [1.165, 1.54) is 18.2 Å². The summed E-state index contributed by atoms with van der Waals surface area (Å²) in [6, 6.07) is 3.62. The average Bonchev–Trinajstić information content (AvgIpc) is 2.01. The number of aromatic carboxylic acids is 1. The van der Waals surface area contributed by atoms with Crippen molar-refractivity contribution in [3.63, 3.8) is 0 Å². The molecule has 0 aromatic heterocycles. The maximum absolute atomic E-state index is 10.9. The molecule has 0 saturated heterocycles. The molecule has 0 saturated carbocycles. The van der Waals surface area contributed by atoms with Crippen LogP contribution in [0.15, 0.2) is 23.1 Å². The number of rotatable bonds is 2. The molecule has 0 unspecified atom stereocenters. The van der Waals surface area contributed by atoms with Gasteiger partial charge in [-0.15, -0.1) is 0 Å². The zero-order valence-electron chi connectivity index (χ0n) is 6.57. The zero-order valence-corrected chi connectivity index (χ0v) is 10.3. The van der Waals surface area contributed by atoms with Gasteiger partial charge in [0.05, 0.1) is 10.5 Å². The van der Waals surface area contributed by atoms with Crippen molar-refractivity contribution in [1.82, 2.24) is 0 Å². The Labute approximate surface area is 98.4 Å². The quantitative estimate of drug-likeness (QED) is 0.656. The molecule has 7 heteroatoms. The van der Waals surface area contributed by atoms with Crippen LogP contribution >= 0.6 is 33.3 Å². The van der Waals surface area contributed by atoms with Gasteiger partial charge in [-0.25, -0.2) is 13.2 Å². The predicted octanol–water partition coefficient (Wildman–Crippen LogP) is 1.92. The molecule has 0 aliphatic heterocycles. The van der Waals surface area contributed by atoms with Crippen molar-refractivity contribution in [2.45, 2.75) is 4.90 Å². The number of carboxylic acids is 1. The predicted molar refractivity (Wildman–Crippen MR) is 59.2 cm³/mol. The van der Waals surface area contributed by atoms with Crippen molar-refractivity contribution < 1.29 is 18.3 Å². The molecule has 0 atom stereocenters. The molecule has 0 fully saturated rings. The van der Waals surface area contributed by atoms with Gasteiger partial charge in [0.1, 0.15) is 0 Å². The van der Waals surface area contributed by atoms with Crippen molar-refractivity contribution in [3.8, 4) is 0 Å². The number of halogens is 2. The Morgan fingerprint density at radius 1 is 1.43 bits per heavy atom. The monoisotopic (exact) mass is 346 g/mol. The summed E-state index contributed by atoms with van der Waals surface area (Å²) < 4.78 is 22.2. The van der Waals surface area contributed by atoms with Gasteiger partial charge in [0.2, 0.25) is 0 Å². The molecule has 76 valence electrons. The molecule has 1 aromatic rings. The van der Waals surface area contributed by atoms with Crippen LogP contribution in [-0.2, 0) is 9.05 Å². The van der Waals surface area contributed by atoms with E-state index in [2.05, 4.69) is 0 Å². The Hall–Kier alpha value is -0.340. The van der Waals surface area contributed by atoms with Crippen molar-refractivity contribution in [2.24, 2.45) is 0 Å². The first-order chi connectivity index (χ1) is 6.32. The van der Waals surface area contributed by atoms with E-state index < -0.39 is 15.0 Å². The van der Waals surface area contributed by atoms with Crippen LogP contribution in [0.3, 0.4) is 0 Å². The van der Waals surface area contributed by atoms with Gasteiger partial charge >= 0.3 is 5.97 Å². The molecular weight excluding hydrogens is 342 g/mol. The third-order valence-corrected chi connectivity index (χ3v) is 4.08.